The van der Waals surface area contributed by atoms with Gasteiger partial charge in [-0.2, -0.15) is 0 Å². The average molecular weight is 243 g/mol. The number of rotatable bonds is 5. The predicted molar refractivity (Wildman–Crippen MR) is 60.7 cm³/mol. The minimum Gasteiger partial charge on any atom is -0.478 e. The van der Waals surface area contributed by atoms with E-state index in [2.05, 4.69) is 10.2 Å². The van der Waals surface area contributed by atoms with Crippen LogP contribution in [0, 0.1) is 0 Å². The van der Waals surface area contributed by atoms with Crippen LogP contribution in [0.25, 0.3) is 0 Å². The summed E-state index contributed by atoms with van der Waals surface area (Å²) in [6, 6.07) is 0.0252. The van der Waals surface area contributed by atoms with Crippen molar-refractivity contribution in [3.8, 4) is 0 Å². The number of hydrogen-bond donors (Lipinski definition) is 2. The second-order valence-electron chi connectivity index (χ2n) is 3.33. The predicted octanol–water partition coefficient (Wildman–Crippen LogP) is 0.885. The van der Waals surface area contributed by atoms with Crippen LogP contribution >= 0.6 is 11.8 Å². The first-order valence-electron chi connectivity index (χ1n) is 4.71. The zero-order valence-electron chi connectivity index (χ0n) is 9.01. The van der Waals surface area contributed by atoms with Gasteiger partial charge in [-0.05, 0) is 13.8 Å². The number of carbonyl (C=O) groups is 1. The molecule has 0 aliphatic carbocycles. The number of aliphatic carboxylic acids is 1. The van der Waals surface area contributed by atoms with Gasteiger partial charge in [0.25, 0.3) is 0 Å². The number of hydrogen-bond acceptors (Lipinski definition) is 4. The van der Waals surface area contributed by atoms with Crippen LogP contribution in [0.1, 0.15) is 19.9 Å². The molecule has 0 amide bonds. The van der Waals surface area contributed by atoms with Gasteiger partial charge < -0.3 is 5.11 Å². The molecule has 0 bridgehead atoms. The molecular formula is C9H13N3O3S. The lowest BCUT2D eigenvalue weighted by Crippen LogP contribution is -2.19. The monoisotopic (exact) mass is 243 g/mol. The quantitative estimate of drug-likeness (QED) is 0.592. The third-order valence-corrected chi connectivity index (χ3v) is 2.66. The highest BCUT2D eigenvalue weighted by Gasteiger charge is 2.10. The summed E-state index contributed by atoms with van der Waals surface area (Å²) in [5.74, 6) is -0.521. The molecule has 6 nitrogen and oxygen atoms in total. The Bertz CT molecular complexity index is 447. The third kappa shape index (κ3) is 3.27. The van der Waals surface area contributed by atoms with E-state index in [1.54, 1.807) is 0 Å². The fourth-order valence-electron chi connectivity index (χ4n) is 1.12. The Morgan fingerprint density at radius 2 is 2.38 bits per heavy atom. The maximum Gasteiger partial charge on any atom is 0.344 e. The van der Waals surface area contributed by atoms with Gasteiger partial charge in [0.1, 0.15) is 0 Å². The molecule has 7 heteroatoms. The molecule has 1 aromatic rings. The lowest BCUT2D eigenvalue weighted by molar-refractivity contribution is -0.131. The van der Waals surface area contributed by atoms with Gasteiger partial charge in [-0.1, -0.05) is 17.8 Å². The summed E-state index contributed by atoms with van der Waals surface area (Å²) in [6.45, 7) is 3.77. The van der Waals surface area contributed by atoms with Gasteiger partial charge in [-0.25, -0.2) is 14.7 Å². The lowest BCUT2D eigenvalue weighted by Gasteiger charge is -2.06. The van der Waals surface area contributed by atoms with E-state index in [1.807, 2.05) is 13.8 Å². The number of nitrogens with zero attached hydrogens (tertiary/aromatic N) is 2. The van der Waals surface area contributed by atoms with Crippen molar-refractivity contribution in [1.29, 1.82) is 0 Å². The van der Waals surface area contributed by atoms with E-state index in [4.69, 9.17) is 5.11 Å². The maximum absolute atomic E-state index is 11.3. The minimum atomic E-state index is -0.983. The minimum absolute atomic E-state index is 0.0252. The molecule has 0 aromatic carbocycles. The molecule has 2 N–H and O–H groups in total. The number of thioether (sulfide) groups is 1. The third-order valence-electron chi connectivity index (χ3n) is 1.76. The Hall–Kier alpha value is -1.50. The molecule has 0 saturated carbocycles. The molecule has 1 rings (SSSR count). The van der Waals surface area contributed by atoms with Crippen LogP contribution in [0.3, 0.4) is 0 Å². The lowest BCUT2D eigenvalue weighted by atomic mass is 10.4. The number of carboxylic acid groups (broad SMARTS) is 1. The van der Waals surface area contributed by atoms with Gasteiger partial charge in [-0.3, -0.25) is 4.57 Å². The summed E-state index contributed by atoms with van der Waals surface area (Å²) in [5, 5.41) is 15.2. The molecule has 1 heterocycles. The van der Waals surface area contributed by atoms with Crippen LogP contribution in [0.5, 0.6) is 0 Å². The van der Waals surface area contributed by atoms with Gasteiger partial charge in [0.15, 0.2) is 5.16 Å². The zero-order valence-corrected chi connectivity index (χ0v) is 9.82. The SMILES string of the molecule is CC(C)n1c(SCC=CC(=O)O)n[nH]c1=O. The van der Waals surface area contributed by atoms with Gasteiger partial charge >= 0.3 is 11.7 Å². The Kier molecular flexibility index (Phi) is 4.36. The van der Waals surface area contributed by atoms with Gasteiger partial charge in [0, 0.05) is 17.9 Å². The summed E-state index contributed by atoms with van der Waals surface area (Å²) in [6.07, 6.45) is 2.58. The van der Waals surface area contributed by atoms with Crippen LogP contribution in [0.2, 0.25) is 0 Å². The van der Waals surface area contributed by atoms with Gasteiger partial charge in [0.05, 0.1) is 0 Å². The summed E-state index contributed by atoms with van der Waals surface area (Å²) in [5.41, 5.74) is -0.250. The largest absolute Gasteiger partial charge is 0.478 e. The second kappa shape index (κ2) is 5.55. The first-order valence-corrected chi connectivity index (χ1v) is 5.70. The Labute approximate surface area is 96.4 Å². The molecule has 16 heavy (non-hydrogen) atoms. The van der Waals surface area contributed by atoms with E-state index in [0.29, 0.717) is 10.9 Å². The van der Waals surface area contributed by atoms with Crippen molar-refractivity contribution >= 4 is 17.7 Å². The van der Waals surface area contributed by atoms with Crippen molar-refractivity contribution in [2.75, 3.05) is 5.75 Å². The number of aromatic amines is 1. The summed E-state index contributed by atoms with van der Waals surface area (Å²) in [4.78, 5) is 21.6. The smallest absolute Gasteiger partial charge is 0.344 e. The van der Waals surface area contributed by atoms with Crippen LogP contribution in [-0.4, -0.2) is 31.6 Å². The van der Waals surface area contributed by atoms with E-state index in [9.17, 15) is 9.59 Å². The van der Waals surface area contributed by atoms with Gasteiger partial charge in [0.2, 0.25) is 0 Å². The van der Waals surface area contributed by atoms with E-state index < -0.39 is 5.97 Å². The molecular weight excluding hydrogens is 230 g/mol. The van der Waals surface area contributed by atoms with Crippen molar-refractivity contribution < 1.29 is 9.90 Å². The fraction of sp³-hybridized carbons (Fsp3) is 0.444. The highest BCUT2D eigenvalue weighted by Crippen LogP contribution is 2.16. The van der Waals surface area contributed by atoms with Crippen molar-refractivity contribution in [2.24, 2.45) is 0 Å². The first-order chi connectivity index (χ1) is 7.52. The topological polar surface area (TPSA) is 88.0 Å². The molecule has 0 saturated heterocycles. The molecule has 0 atom stereocenters. The fourth-order valence-corrected chi connectivity index (χ4v) is 2.00. The van der Waals surface area contributed by atoms with Crippen molar-refractivity contribution in [3.63, 3.8) is 0 Å². The maximum atomic E-state index is 11.3. The van der Waals surface area contributed by atoms with Crippen molar-refractivity contribution in [2.45, 2.75) is 25.0 Å². The number of aromatic nitrogens is 3. The molecule has 0 aliphatic rings. The van der Waals surface area contributed by atoms with Crippen LogP contribution in [0.15, 0.2) is 22.1 Å². The van der Waals surface area contributed by atoms with E-state index >= 15 is 0 Å². The summed E-state index contributed by atoms with van der Waals surface area (Å²) >= 11 is 1.31. The van der Waals surface area contributed by atoms with Crippen LogP contribution in [-0.2, 0) is 4.79 Å². The highest BCUT2D eigenvalue weighted by atomic mass is 32.2. The van der Waals surface area contributed by atoms with Crippen molar-refractivity contribution in [3.05, 3.63) is 22.6 Å². The molecule has 0 fully saturated rings. The standard InChI is InChI=1S/C9H13N3O3S/c1-6(2)12-8(15)10-11-9(12)16-5-3-4-7(13)14/h3-4,6H,5H2,1-2H3,(H,10,15)(H,13,14). The van der Waals surface area contributed by atoms with E-state index in [0.717, 1.165) is 6.08 Å². The number of carboxylic acids is 1. The van der Waals surface area contributed by atoms with Crippen LogP contribution < -0.4 is 5.69 Å². The highest BCUT2D eigenvalue weighted by molar-refractivity contribution is 7.99. The number of H-pyrrole nitrogens is 1. The van der Waals surface area contributed by atoms with Gasteiger partial charge in [-0.15, -0.1) is 5.10 Å². The zero-order chi connectivity index (χ0) is 12.1. The molecule has 88 valence electrons. The molecule has 0 spiro atoms. The average Bonchev–Trinajstić information content (AvgIpc) is 2.54. The van der Waals surface area contributed by atoms with E-state index in [1.165, 1.54) is 22.4 Å². The van der Waals surface area contributed by atoms with Crippen LogP contribution in [0.4, 0.5) is 0 Å². The Morgan fingerprint density at radius 3 is 2.94 bits per heavy atom. The first kappa shape index (κ1) is 12.6. The summed E-state index contributed by atoms with van der Waals surface area (Å²) in [7, 11) is 0. The molecule has 1 aromatic heterocycles. The Balaban J connectivity index is 2.68. The molecule has 0 aliphatic heterocycles. The molecule has 0 radical (unpaired) electrons. The van der Waals surface area contributed by atoms with E-state index in [-0.39, 0.29) is 11.7 Å². The van der Waals surface area contributed by atoms with Crippen molar-refractivity contribution in [1.82, 2.24) is 14.8 Å². The normalized spacial score (nSPS) is 11.4. The number of nitrogens with one attached hydrogen (secondary N) is 1. The molecule has 0 unspecified atom stereocenters. The second-order valence-corrected chi connectivity index (χ2v) is 4.31. The Morgan fingerprint density at radius 1 is 1.69 bits per heavy atom. The summed E-state index contributed by atoms with van der Waals surface area (Å²) < 4.78 is 1.53.